The second-order valence-electron chi connectivity index (χ2n) is 6.53. The van der Waals surface area contributed by atoms with Gasteiger partial charge < -0.3 is 9.47 Å². The summed E-state index contributed by atoms with van der Waals surface area (Å²) >= 11 is 1.35. The van der Waals surface area contributed by atoms with Gasteiger partial charge in [0.05, 0.1) is 20.8 Å². The van der Waals surface area contributed by atoms with Gasteiger partial charge in [0, 0.05) is 5.56 Å². The molecule has 0 aliphatic heterocycles. The maximum Gasteiger partial charge on any atom is 0.260 e. The van der Waals surface area contributed by atoms with Gasteiger partial charge in [0.25, 0.3) is 5.91 Å². The van der Waals surface area contributed by atoms with E-state index in [0.717, 1.165) is 10.3 Å². The van der Waals surface area contributed by atoms with Crippen molar-refractivity contribution in [3.05, 3.63) is 83.7 Å². The zero-order valence-electron chi connectivity index (χ0n) is 16.5. The highest BCUT2D eigenvalue weighted by molar-refractivity contribution is 7.22. The van der Waals surface area contributed by atoms with Gasteiger partial charge in [-0.05, 0) is 42.0 Å². The predicted octanol–water partition coefficient (Wildman–Crippen LogP) is 5.30. The number of aromatic nitrogens is 1. The molecule has 0 unspecified atom stereocenters. The van der Waals surface area contributed by atoms with Crippen LogP contribution in [0.2, 0.25) is 0 Å². The fourth-order valence-electron chi connectivity index (χ4n) is 3.13. The van der Waals surface area contributed by atoms with Gasteiger partial charge in [0.1, 0.15) is 27.5 Å². The molecular weight excluding hydrogens is 403 g/mol. The summed E-state index contributed by atoms with van der Waals surface area (Å²) in [5.74, 6) is 0.595. The number of amides is 1. The van der Waals surface area contributed by atoms with E-state index >= 15 is 0 Å². The standard InChI is InChI=1S/C23H19FN2O3S/c1-28-18-12-13-19(29-2)21-20(18)25-23(30-21)26(14-15-6-4-3-5-7-15)22(27)16-8-10-17(24)11-9-16/h3-13H,14H2,1-2H3. The number of nitrogens with zero attached hydrogens (tertiary/aromatic N) is 2. The first-order valence-corrected chi connectivity index (χ1v) is 10.0. The smallest absolute Gasteiger partial charge is 0.260 e. The number of halogens is 1. The fourth-order valence-corrected chi connectivity index (χ4v) is 4.20. The maximum absolute atomic E-state index is 13.4. The summed E-state index contributed by atoms with van der Waals surface area (Å²) in [7, 11) is 3.16. The molecule has 5 nitrogen and oxygen atoms in total. The molecule has 0 aliphatic carbocycles. The van der Waals surface area contributed by atoms with Crippen LogP contribution in [0.5, 0.6) is 11.5 Å². The Morgan fingerprint density at radius 3 is 2.30 bits per heavy atom. The average molecular weight is 422 g/mol. The van der Waals surface area contributed by atoms with Gasteiger partial charge >= 0.3 is 0 Å². The Morgan fingerprint density at radius 1 is 0.967 bits per heavy atom. The van der Waals surface area contributed by atoms with Crippen molar-refractivity contribution in [2.75, 3.05) is 19.1 Å². The number of fused-ring (bicyclic) bond motifs is 1. The first kappa shape index (κ1) is 19.8. The van der Waals surface area contributed by atoms with E-state index in [9.17, 15) is 9.18 Å². The van der Waals surface area contributed by atoms with E-state index in [4.69, 9.17) is 14.5 Å². The van der Waals surface area contributed by atoms with Crippen LogP contribution in [0.4, 0.5) is 9.52 Å². The monoisotopic (exact) mass is 422 g/mol. The molecule has 3 aromatic carbocycles. The lowest BCUT2D eigenvalue weighted by Crippen LogP contribution is -2.30. The predicted molar refractivity (Wildman–Crippen MR) is 116 cm³/mol. The summed E-state index contributed by atoms with van der Waals surface area (Å²) in [4.78, 5) is 19.6. The number of carbonyl (C=O) groups is 1. The third-order valence-corrected chi connectivity index (χ3v) is 5.74. The number of rotatable bonds is 6. The van der Waals surface area contributed by atoms with Gasteiger partial charge in [0.15, 0.2) is 5.13 Å². The van der Waals surface area contributed by atoms with E-state index < -0.39 is 5.82 Å². The maximum atomic E-state index is 13.4. The summed E-state index contributed by atoms with van der Waals surface area (Å²) in [5.41, 5.74) is 1.96. The van der Waals surface area contributed by atoms with Crippen LogP contribution < -0.4 is 14.4 Å². The third kappa shape index (κ3) is 3.84. The topological polar surface area (TPSA) is 51.7 Å². The molecule has 0 aliphatic rings. The summed E-state index contributed by atoms with van der Waals surface area (Å²) in [6.07, 6.45) is 0. The molecule has 0 bridgehead atoms. The summed E-state index contributed by atoms with van der Waals surface area (Å²) in [5, 5.41) is 0.506. The minimum Gasteiger partial charge on any atom is -0.495 e. The van der Waals surface area contributed by atoms with Crippen LogP contribution in [0.3, 0.4) is 0 Å². The highest BCUT2D eigenvalue weighted by atomic mass is 32.1. The lowest BCUT2D eigenvalue weighted by molar-refractivity contribution is 0.0985. The quantitative estimate of drug-likeness (QED) is 0.423. The normalized spacial score (nSPS) is 10.8. The first-order chi connectivity index (χ1) is 14.6. The molecule has 7 heteroatoms. The molecule has 4 aromatic rings. The van der Waals surface area contributed by atoms with Crippen LogP contribution in [0, 0.1) is 5.82 Å². The second kappa shape index (κ2) is 8.51. The largest absolute Gasteiger partial charge is 0.495 e. The van der Waals surface area contributed by atoms with Crippen molar-refractivity contribution in [1.29, 1.82) is 0 Å². The van der Waals surface area contributed by atoms with Crippen molar-refractivity contribution >= 4 is 32.6 Å². The minimum absolute atomic E-state index is 0.268. The Labute approximate surface area is 177 Å². The molecule has 1 aromatic heterocycles. The Hall–Kier alpha value is -3.45. The highest BCUT2D eigenvalue weighted by Crippen LogP contribution is 2.40. The number of methoxy groups -OCH3 is 2. The molecule has 0 N–H and O–H groups in total. The number of anilines is 1. The number of hydrogen-bond donors (Lipinski definition) is 0. The van der Waals surface area contributed by atoms with Crippen molar-refractivity contribution < 1.29 is 18.7 Å². The molecule has 0 saturated carbocycles. The Kier molecular flexibility index (Phi) is 5.63. The van der Waals surface area contributed by atoms with Crippen LogP contribution in [0.25, 0.3) is 10.2 Å². The number of thiazole rings is 1. The molecular formula is C23H19FN2O3S. The molecule has 0 fully saturated rings. The summed E-state index contributed by atoms with van der Waals surface area (Å²) in [6.45, 7) is 0.321. The lowest BCUT2D eigenvalue weighted by Gasteiger charge is -2.20. The summed E-state index contributed by atoms with van der Waals surface area (Å²) < 4.78 is 25.1. The molecule has 4 rings (SSSR count). The number of ether oxygens (including phenoxy) is 2. The van der Waals surface area contributed by atoms with E-state index in [1.165, 1.54) is 35.6 Å². The fraction of sp³-hybridized carbons (Fsp3) is 0.130. The number of benzene rings is 3. The SMILES string of the molecule is COc1ccc(OC)c2sc(N(Cc3ccccc3)C(=O)c3ccc(F)cc3)nc12. The van der Waals surface area contributed by atoms with Gasteiger partial charge in [-0.1, -0.05) is 41.7 Å². The van der Waals surface area contributed by atoms with Crippen molar-refractivity contribution in [3.63, 3.8) is 0 Å². The molecule has 30 heavy (non-hydrogen) atoms. The van der Waals surface area contributed by atoms with Crippen molar-refractivity contribution in [1.82, 2.24) is 4.98 Å². The summed E-state index contributed by atoms with van der Waals surface area (Å²) in [6, 6.07) is 18.7. The van der Waals surface area contributed by atoms with Crippen molar-refractivity contribution in [2.45, 2.75) is 6.54 Å². The number of carbonyl (C=O) groups excluding carboxylic acids is 1. The lowest BCUT2D eigenvalue weighted by atomic mass is 10.1. The van der Waals surface area contributed by atoms with Crippen LogP contribution in [-0.4, -0.2) is 25.1 Å². The molecule has 1 heterocycles. The molecule has 0 atom stereocenters. The molecule has 0 saturated heterocycles. The zero-order valence-corrected chi connectivity index (χ0v) is 17.3. The van der Waals surface area contributed by atoms with Gasteiger partial charge in [-0.25, -0.2) is 9.37 Å². The minimum atomic E-state index is -0.393. The Balaban J connectivity index is 1.82. The van der Waals surface area contributed by atoms with Gasteiger partial charge in [0.2, 0.25) is 0 Å². The van der Waals surface area contributed by atoms with E-state index in [2.05, 4.69) is 0 Å². The van der Waals surface area contributed by atoms with Crippen LogP contribution in [0.15, 0.2) is 66.7 Å². The van der Waals surface area contributed by atoms with Crippen LogP contribution in [-0.2, 0) is 6.54 Å². The van der Waals surface area contributed by atoms with Gasteiger partial charge in [-0.2, -0.15) is 0 Å². The zero-order chi connectivity index (χ0) is 21.1. The molecule has 0 spiro atoms. The van der Waals surface area contributed by atoms with Gasteiger partial charge in [-0.3, -0.25) is 9.69 Å². The molecule has 152 valence electrons. The van der Waals surface area contributed by atoms with Gasteiger partial charge in [-0.15, -0.1) is 0 Å². The van der Waals surface area contributed by atoms with Crippen LogP contribution >= 0.6 is 11.3 Å². The average Bonchev–Trinajstić information content (AvgIpc) is 3.23. The molecule has 0 radical (unpaired) electrons. The third-order valence-electron chi connectivity index (χ3n) is 4.65. The van der Waals surface area contributed by atoms with E-state index in [0.29, 0.717) is 34.3 Å². The van der Waals surface area contributed by atoms with Crippen molar-refractivity contribution in [3.8, 4) is 11.5 Å². The Bertz CT molecular complexity index is 1140. The van der Waals surface area contributed by atoms with E-state index in [-0.39, 0.29) is 5.91 Å². The first-order valence-electron chi connectivity index (χ1n) is 9.23. The van der Waals surface area contributed by atoms with Crippen LogP contribution in [0.1, 0.15) is 15.9 Å². The molecule has 1 amide bonds. The Morgan fingerprint density at radius 2 is 1.63 bits per heavy atom. The number of hydrogen-bond acceptors (Lipinski definition) is 5. The second-order valence-corrected chi connectivity index (χ2v) is 7.51. The van der Waals surface area contributed by atoms with E-state index in [1.807, 2.05) is 36.4 Å². The van der Waals surface area contributed by atoms with E-state index in [1.54, 1.807) is 25.2 Å². The highest BCUT2D eigenvalue weighted by Gasteiger charge is 2.24. The van der Waals surface area contributed by atoms with Crippen molar-refractivity contribution in [2.24, 2.45) is 0 Å².